The van der Waals surface area contributed by atoms with E-state index in [2.05, 4.69) is 5.32 Å². The van der Waals surface area contributed by atoms with E-state index in [1.807, 2.05) is 48.9 Å². The number of rotatable bonds is 5. The molecule has 1 N–H and O–H groups in total. The van der Waals surface area contributed by atoms with Gasteiger partial charge in [-0.25, -0.2) is 8.78 Å². The summed E-state index contributed by atoms with van der Waals surface area (Å²) in [5, 5.41) is 3.36. The molecule has 0 saturated carbocycles. The van der Waals surface area contributed by atoms with Crippen molar-refractivity contribution >= 4 is 12.4 Å². The van der Waals surface area contributed by atoms with Gasteiger partial charge in [-0.15, -0.1) is 12.4 Å². The third-order valence-electron chi connectivity index (χ3n) is 4.87. The van der Waals surface area contributed by atoms with Crippen LogP contribution in [0.3, 0.4) is 0 Å². The minimum absolute atomic E-state index is 0. The number of fused-ring (bicyclic) bond motifs is 3. The van der Waals surface area contributed by atoms with E-state index in [9.17, 15) is 8.78 Å². The van der Waals surface area contributed by atoms with Gasteiger partial charge in [0.1, 0.15) is 0 Å². The standard InChI is InChI=1S/C22H22F2N2O2.ClH/c1-3-27-19-11-14-13-25-22(15-7-5-8-16(23)21(15)24)17-9-6-10-26(17)18(14)12-20(19)28-4-2;/h5-12,22,25H,3-4,13H2,1-2H3;1H. The van der Waals surface area contributed by atoms with Crippen LogP contribution < -0.4 is 14.8 Å². The van der Waals surface area contributed by atoms with Gasteiger partial charge in [0, 0.05) is 30.1 Å². The highest BCUT2D eigenvalue weighted by molar-refractivity contribution is 5.85. The van der Waals surface area contributed by atoms with Crippen molar-refractivity contribution in [3.63, 3.8) is 0 Å². The molecule has 4 rings (SSSR count). The molecule has 7 heteroatoms. The summed E-state index contributed by atoms with van der Waals surface area (Å²) in [6.07, 6.45) is 1.92. The summed E-state index contributed by atoms with van der Waals surface area (Å²) in [6.45, 7) is 5.37. The van der Waals surface area contributed by atoms with E-state index in [1.54, 1.807) is 6.07 Å². The number of aromatic nitrogens is 1. The molecule has 4 nitrogen and oxygen atoms in total. The quantitative estimate of drug-likeness (QED) is 0.618. The van der Waals surface area contributed by atoms with E-state index < -0.39 is 17.7 Å². The summed E-state index contributed by atoms with van der Waals surface area (Å²) < 4.78 is 41.8. The highest BCUT2D eigenvalue weighted by Gasteiger charge is 2.27. The van der Waals surface area contributed by atoms with Crippen LogP contribution in [-0.2, 0) is 6.54 Å². The topological polar surface area (TPSA) is 35.4 Å². The third-order valence-corrected chi connectivity index (χ3v) is 4.87. The summed E-state index contributed by atoms with van der Waals surface area (Å²) in [6, 6.07) is 11.5. The number of nitrogens with one attached hydrogen (secondary N) is 1. The Kier molecular flexibility index (Phi) is 6.45. The molecule has 0 saturated heterocycles. The number of halogens is 3. The van der Waals surface area contributed by atoms with Crippen molar-refractivity contribution in [1.29, 1.82) is 0 Å². The number of benzene rings is 2. The van der Waals surface area contributed by atoms with Gasteiger partial charge in [0.15, 0.2) is 23.1 Å². The van der Waals surface area contributed by atoms with Crippen LogP contribution in [0.5, 0.6) is 11.5 Å². The van der Waals surface area contributed by atoms with Gasteiger partial charge in [-0.1, -0.05) is 12.1 Å². The second-order valence-corrected chi connectivity index (χ2v) is 6.55. The van der Waals surface area contributed by atoms with E-state index in [4.69, 9.17) is 9.47 Å². The molecule has 0 spiro atoms. The Bertz CT molecular complexity index is 1010. The molecule has 2 heterocycles. The first-order valence-electron chi connectivity index (χ1n) is 9.41. The molecule has 0 radical (unpaired) electrons. The lowest BCUT2D eigenvalue weighted by atomic mass is 10.0. The second-order valence-electron chi connectivity index (χ2n) is 6.55. The van der Waals surface area contributed by atoms with Gasteiger partial charge in [-0.2, -0.15) is 0 Å². The van der Waals surface area contributed by atoms with E-state index in [-0.39, 0.29) is 18.0 Å². The van der Waals surface area contributed by atoms with Crippen LogP contribution in [0.25, 0.3) is 5.69 Å². The van der Waals surface area contributed by atoms with Crippen molar-refractivity contribution in [2.45, 2.75) is 26.4 Å². The number of hydrogen-bond donors (Lipinski definition) is 1. The summed E-state index contributed by atoms with van der Waals surface area (Å²) in [7, 11) is 0. The van der Waals surface area contributed by atoms with Gasteiger partial charge in [0.2, 0.25) is 0 Å². The first-order chi connectivity index (χ1) is 13.6. The van der Waals surface area contributed by atoms with E-state index in [0.717, 1.165) is 23.0 Å². The molecule has 0 aliphatic carbocycles. The zero-order chi connectivity index (χ0) is 19.7. The molecule has 2 aromatic carbocycles. The maximum absolute atomic E-state index is 14.5. The van der Waals surface area contributed by atoms with Crippen LogP contribution in [0.4, 0.5) is 8.78 Å². The van der Waals surface area contributed by atoms with Crippen LogP contribution in [0, 0.1) is 11.6 Å². The molecule has 0 bridgehead atoms. The molecule has 3 aromatic rings. The number of hydrogen-bond acceptors (Lipinski definition) is 3. The van der Waals surface area contributed by atoms with Crippen LogP contribution in [0.2, 0.25) is 0 Å². The summed E-state index contributed by atoms with van der Waals surface area (Å²) in [5.74, 6) is -0.340. The highest BCUT2D eigenvalue weighted by Crippen LogP contribution is 2.38. The summed E-state index contributed by atoms with van der Waals surface area (Å²) >= 11 is 0. The first-order valence-corrected chi connectivity index (χ1v) is 9.41. The third kappa shape index (κ3) is 3.82. The maximum Gasteiger partial charge on any atom is 0.163 e. The van der Waals surface area contributed by atoms with E-state index in [0.29, 0.717) is 31.3 Å². The zero-order valence-corrected chi connectivity index (χ0v) is 17.1. The van der Waals surface area contributed by atoms with Gasteiger partial charge >= 0.3 is 0 Å². The van der Waals surface area contributed by atoms with Crippen LogP contribution in [0.1, 0.15) is 36.7 Å². The fourth-order valence-electron chi connectivity index (χ4n) is 3.67. The van der Waals surface area contributed by atoms with Gasteiger partial charge in [-0.05, 0) is 43.7 Å². The first kappa shape index (κ1) is 21.1. The van der Waals surface area contributed by atoms with Crippen molar-refractivity contribution in [3.05, 3.63) is 77.1 Å². The molecule has 1 aliphatic heterocycles. The van der Waals surface area contributed by atoms with Gasteiger partial charge in [0.25, 0.3) is 0 Å². The lowest BCUT2D eigenvalue weighted by molar-refractivity contribution is 0.287. The van der Waals surface area contributed by atoms with Crippen LogP contribution in [-0.4, -0.2) is 17.8 Å². The molecule has 1 aliphatic rings. The SMILES string of the molecule is CCOc1cc2c(cc1OCC)-n1cccc1C(c1cccc(F)c1F)NC2.Cl. The largest absolute Gasteiger partial charge is 0.490 e. The maximum atomic E-state index is 14.5. The Balaban J connectivity index is 0.00000240. The summed E-state index contributed by atoms with van der Waals surface area (Å²) in [4.78, 5) is 0. The average molecular weight is 421 g/mol. The second kappa shape index (κ2) is 8.84. The normalized spacial score (nSPS) is 15.0. The molecule has 0 amide bonds. The molecule has 154 valence electrons. The fourth-order valence-corrected chi connectivity index (χ4v) is 3.67. The Morgan fingerprint density at radius 1 is 1.03 bits per heavy atom. The minimum atomic E-state index is -0.851. The fraction of sp³-hybridized carbons (Fsp3) is 0.273. The van der Waals surface area contributed by atoms with Crippen molar-refractivity contribution in [3.8, 4) is 17.2 Å². The Labute approximate surface area is 174 Å². The Morgan fingerprint density at radius 2 is 1.76 bits per heavy atom. The van der Waals surface area contributed by atoms with Crippen molar-refractivity contribution in [2.75, 3.05) is 13.2 Å². The lowest BCUT2D eigenvalue weighted by Gasteiger charge is -2.19. The monoisotopic (exact) mass is 420 g/mol. The van der Waals surface area contributed by atoms with Crippen molar-refractivity contribution < 1.29 is 18.3 Å². The highest BCUT2D eigenvalue weighted by atomic mass is 35.5. The van der Waals surface area contributed by atoms with Crippen molar-refractivity contribution in [1.82, 2.24) is 9.88 Å². The molecule has 1 unspecified atom stereocenters. The number of nitrogens with zero attached hydrogens (tertiary/aromatic N) is 1. The smallest absolute Gasteiger partial charge is 0.163 e. The zero-order valence-electron chi connectivity index (χ0n) is 16.2. The van der Waals surface area contributed by atoms with Gasteiger partial charge in [0.05, 0.1) is 24.9 Å². The van der Waals surface area contributed by atoms with Crippen molar-refractivity contribution in [2.24, 2.45) is 0 Å². The predicted molar refractivity (Wildman–Crippen MR) is 110 cm³/mol. The Hall–Kier alpha value is -2.57. The van der Waals surface area contributed by atoms with E-state index >= 15 is 0 Å². The predicted octanol–water partition coefficient (Wildman–Crippen LogP) is 5.17. The van der Waals surface area contributed by atoms with Gasteiger partial charge in [-0.3, -0.25) is 0 Å². The molecule has 1 aromatic heterocycles. The average Bonchev–Trinajstić information content (AvgIpc) is 3.11. The minimum Gasteiger partial charge on any atom is -0.490 e. The van der Waals surface area contributed by atoms with E-state index in [1.165, 1.54) is 6.07 Å². The van der Waals surface area contributed by atoms with Crippen LogP contribution in [0.15, 0.2) is 48.7 Å². The summed E-state index contributed by atoms with van der Waals surface area (Å²) in [5.41, 5.74) is 3.03. The lowest BCUT2D eigenvalue weighted by Crippen LogP contribution is -2.22. The Morgan fingerprint density at radius 3 is 2.48 bits per heavy atom. The molecule has 1 atom stereocenters. The van der Waals surface area contributed by atoms with Gasteiger partial charge < -0.3 is 19.4 Å². The molecular formula is C22H23ClF2N2O2. The number of ether oxygens (including phenoxy) is 2. The molecule has 29 heavy (non-hydrogen) atoms. The molecule has 0 fully saturated rings. The molecular weight excluding hydrogens is 398 g/mol. The van der Waals surface area contributed by atoms with Crippen LogP contribution >= 0.6 is 12.4 Å².